The highest BCUT2D eigenvalue weighted by atomic mass is 35.5. The average molecular weight is 571 g/mol. The Morgan fingerprint density at radius 1 is 1.18 bits per heavy atom. The number of fused-ring (bicyclic) bond motifs is 1. The zero-order valence-electron chi connectivity index (χ0n) is 22.4. The van der Waals surface area contributed by atoms with Gasteiger partial charge in [-0.2, -0.15) is 0 Å². The second-order valence-electron chi connectivity index (χ2n) is 8.96. The Balaban J connectivity index is 0.000000449. The van der Waals surface area contributed by atoms with Crippen LogP contribution in [-0.2, 0) is 15.9 Å². The fourth-order valence-corrected chi connectivity index (χ4v) is 4.87. The highest BCUT2D eigenvalue weighted by Gasteiger charge is 2.26. The Bertz CT molecular complexity index is 1400. The van der Waals surface area contributed by atoms with E-state index in [4.69, 9.17) is 17.3 Å². The van der Waals surface area contributed by atoms with Gasteiger partial charge >= 0.3 is 0 Å². The topological polar surface area (TPSA) is 143 Å². The van der Waals surface area contributed by atoms with Gasteiger partial charge < -0.3 is 30.8 Å². The monoisotopic (exact) mass is 570 g/mol. The molecule has 1 aliphatic heterocycles. The van der Waals surface area contributed by atoms with Gasteiger partial charge in [0.1, 0.15) is 0 Å². The number of aromatic nitrogens is 1. The van der Waals surface area contributed by atoms with Crippen LogP contribution in [0.3, 0.4) is 0 Å². The molecular weight excluding hydrogens is 538 g/mol. The molecule has 0 saturated heterocycles. The van der Waals surface area contributed by atoms with Gasteiger partial charge in [-0.05, 0) is 86.1 Å². The Labute approximate surface area is 236 Å². The number of nitrogens with zero attached hydrogens (tertiary/aromatic N) is 1. The van der Waals surface area contributed by atoms with Crippen molar-refractivity contribution in [1.29, 1.82) is 0 Å². The molecule has 0 fully saturated rings. The third-order valence-corrected chi connectivity index (χ3v) is 7.29. The summed E-state index contributed by atoms with van der Waals surface area (Å²) in [6, 6.07) is 11.6. The standard InChI is InChI=1S/C22H28N4O4S.C6H6ClN/c1-5-26(6-2)10-9-23-22(28)20-13(3)19(24-14(20)4)12-17-16-11-15(31(29)30)7-8-18(16)25-21(17)27;7-5-2-1-3-6(8)4-5/h7-8,11-12,24H,5-6,9-10H2,1-4H3,(H,23,28)(H,25,27)(H,29,30);1-4H,8H2/p-1/b17-12-;. The van der Waals surface area contributed by atoms with Gasteiger partial charge in [0.2, 0.25) is 0 Å². The van der Waals surface area contributed by atoms with Crippen molar-refractivity contribution >= 4 is 57.5 Å². The van der Waals surface area contributed by atoms with Crippen LogP contribution in [0.2, 0.25) is 5.02 Å². The molecule has 9 nitrogen and oxygen atoms in total. The molecule has 0 radical (unpaired) electrons. The van der Waals surface area contributed by atoms with Crippen LogP contribution >= 0.6 is 11.6 Å². The normalized spacial score (nSPS) is 14.0. The van der Waals surface area contributed by atoms with Crippen molar-refractivity contribution in [3.05, 3.63) is 75.6 Å². The number of halogens is 1. The fraction of sp³-hybridized carbons (Fsp3) is 0.286. The van der Waals surface area contributed by atoms with Crippen molar-refractivity contribution < 1.29 is 18.4 Å². The second kappa shape index (κ2) is 13.6. The van der Waals surface area contributed by atoms with E-state index in [1.807, 2.05) is 19.9 Å². The van der Waals surface area contributed by atoms with Gasteiger partial charge in [0.25, 0.3) is 11.8 Å². The van der Waals surface area contributed by atoms with Gasteiger partial charge in [-0.25, -0.2) is 0 Å². The third kappa shape index (κ3) is 7.57. The van der Waals surface area contributed by atoms with Gasteiger partial charge in [0, 0.05) is 51.3 Å². The summed E-state index contributed by atoms with van der Waals surface area (Å²) in [5.74, 6) is -0.482. The number of H-pyrrole nitrogens is 1. The number of nitrogens with two attached hydrogens (primary N) is 1. The van der Waals surface area contributed by atoms with Crippen molar-refractivity contribution in [2.45, 2.75) is 32.6 Å². The first-order valence-corrected chi connectivity index (χ1v) is 14.0. The molecule has 4 rings (SSSR count). The van der Waals surface area contributed by atoms with E-state index in [0.717, 1.165) is 25.2 Å². The lowest BCUT2D eigenvalue weighted by Gasteiger charge is -2.18. The molecule has 1 unspecified atom stereocenters. The van der Waals surface area contributed by atoms with Crippen molar-refractivity contribution in [2.75, 3.05) is 37.2 Å². The third-order valence-electron chi connectivity index (χ3n) is 6.42. The van der Waals surface area contributed by atoms with Gasteiger partial charge in [0.15, 0.2) is 0 Å². The van der Waals surface area contributed by atoms with Crippen LogP contribution in [0.15, 0.2) is 47.4 Å². The lowest BCUT2D eigenvalue weighted by atomic mass is 10.0. The number of anilines is 2. The van der Waals surface area contributed by atoms with E-state index in [0.29, 0.717) is 51.0 Å². The van der Waals surface area contributed by atoms with Crippen molar-refractivity contribution in [2.24, 2.45) is 0 Å². The van der Waals surface area contributed by atoms with E-state index in [9.17, 15) is 18.4 Å². The number of hydrogen-bond acceptors (Lipinski definition) is 6. The summed E-state index contributed by atoms with van der Waals surface area (Å²) < 4.78 is 22.6. The molecule has 0 aliphatic carbocycles. The van der Waals surface area contributed by atoms with Crippen molar-refractivity contribution in [1.82, 2.24) is 15.2 Å². The molecule has 1 aromatic heterocycles. The number of amides is 2. The summed E-state index contributed by atoms with van der Waals surface area (Å²) in [4.78, 5) is 30.8. The molecule has 1 atom stereocenters. The van der Waals surface area contributed by atoms with Crippen LogP contribution in [0.1, 0.15) is 46.7 Å². The van der Waals surface area contributed by atoms with Crippen LogP contribution in [0.5, 0.6) is 0 Å². The number of carbonyl (C=O) groups excluding carboxylic acids is 2. The molecule has 0 bridgehead atoms. The van der Waals surface area contributed by atoms with Gasteiger partial charge in [-0.3, -0.25) is 13.8 Å². The maximum atomic E-state index is 12.8. The molecule has 208 valence electrons. The maximum absolute atomic E-state index is 12.8. The largest absolute Gasteiger partial charge is 0.768 e. The number of aromatic amines is 1. The Kier molecular flexibility index (Phi) is 10.5. The summed E-state index contributed by atoms with van der Waals surface area (Å²) in [6.45, 7) is 11.0. The van der Waals surface area contributed by atoms with Gasteiger partial charge in [-0.1, -0.05) is 31.5 Å². The average Bonchev–Trinajstić information content (AvgIpc) is 3.35. The Morgan fingerprint density at radius 2 is 1.90 bits per heavy atom. The van der Waals surface area contributed by atoms with E-state index >= 15 is 0 Å². The molecule has 11 heteroatoms. The van der Waals surface area contributed by atoms with Crippen LogP contribution in [0.25, 0.3) is 11.6 Å². The number of nitrogens with one attached hydrogen (secondary N) is 3. The first-order chi connectivity index (χ1) is 18.5. The predicted octanol–water partition coefficient (Wildman–Crippen LogP) is 4.36. The summed E-state index contributed by atoms with van der Waals surface area (Å²) >= 11 is 3.17. The number of aryl methyl sites for hydroxylation is 1. The predicted molar refractivity (Wildman–Crippen MR) is 156 cm³/mol. The van der Waals surface area contributed by atoms with E-state index in [1.165, 1.54) is 12.1 Å². The number of nitrogen functional groups attached to an aromatic ring is 1. The van der Waals surface area contributed by atoms with Crippen LogP contribution in [-0.4, -0.2) is 56.6 Å². The number of likely N-dealkylation sites (N-methyl/N-ethyl adjacent to an activating group) is 1. The molecular formula is C28H33ClN5O4S-. The number of hydrogen-bond donors (Lipinski definition) is 4. The van der Waals surface area contributed by atoms with Gasteiger partial charge in [-0.15, -0.1) is 0 Å². The van der Waals surface area contributed by atoms with Crippen LogP contribution in [0.4, 0.5) is 11.4 Å². The molecule has 2 aromatic carbocycles. The van der Waals surface area contributed by atoms with Crippen molar-refractivity contribution in [3.8, 4) is 0 Å². The zero-order valence-corrected chi connectivity index (χ0v) is 24.0. The molecule has 2 heterocycles. The minimum atomic E-state index is -2.39. The van der Waals surface area contributed by atoms with Crippen molar-refractivity contribution in [3.63, 3.8) is 0 Å². The number of carbonyl (C=O) groups is 2. The first kappa shape index (κ1) is 30.1. The number of benzene rings is 2. The van der Waals surface area contributed by atoms with Crippen LogP contribution < -0.4 is 16.4 Å². The summed E-state index contributed by atoms with van der Waals surface area (Å²) in [6.07, 6.45) is 1.66. The molecule has 39 heavy (non-hydrogen) atoms. The fourth-order valence-electron chi connectivity index (χ4n) is 4.28. The van der Waals surface area contributed by atoms with E-state index in [1.54, 1.807) is 30.3 Å². The van der Waals surface area contributed by atoms with Crippen LogP contribution in [0, 0.1) is 13.8 Å². The lowest BCUT2D eigenvalue weighted by molar-refractivity contribution is -0.110. The van der Waals surface area contributed by atoms with E-state index in [2.05, 4.69) is 34.4 Å². The second-order valence-corrected chi connectivity index (χ2v) is 10.3. The molecule has 1 aliphatic rings. The van der Waals surface area contributed by atoms with Gasteiger partial charge in [0.05, 0.1) is 11.1 Å². The Morgan fingerprint density at radius 3 is 2.49 bits per heavy atom. The number of rotatable bonds is 8. The lowest BCUT2D eigenvalue weighted by Crippen LogP contribution is -2.35. The van der Waals surface area contributed by atoms with E-state index in [-0.39, 0.29) is 16.7 Å². The molecule has 2 amide bonds. The van der Waals surface area contributed by atoms with E-state index < -0.39 is 11.1 Å². The maximum Gasteiger partial charge on any atom is 0.256 e. The zero-order chi connectivity index (χ0) is 28.7. The summed E-state index contributed by atoms with van der Waals surface area (Å²) in [5.41, 5.74) is 10.1. The SMILES string of the molecule is CCN(CC)CCNC(=O)c1c(C)[nH]c(/C=C2\C(=O)Nc3ccc(S(=O)[O-])cc32)c1C.Nc1cccc(Cl)c1. The Hall–Kier alpha value is -3.44. The first-order valence-electron chi connectivity index (χ1n) is 12.5. The molecule has 3 aromatic rings. The summed E-state index contributed by atoms with van der Waals surface area (Å²) in [7, 11) is 0. The quantitative estimate of drug-likeness (QED) is 0.180. The smallest absolute Gasteiger partial charge is 0.256 e. The molecule has 5 N–H and O–H groups in total. The minimum absolute atomic E-state index is 0.105. The highest BCUT2D eigenvalue weighted by molar-refractivity contribution is 7.79. The molecule has 0 saturated carbocycles. The summed E-state index contributed by atoms with van der Waals surface area (Å²) in [5, 5.41) is 6.39. The molecule has 0 spiro atoms. The minimum Gasteiger partial charge on any atom is -0.768 e. The highest BCUT2D eigenvalue weighted by Crippen LogP contribution is 2.35.